The number of anilines is 2. The second-order valence-corrected chi connectivity index (χ2v) is 8.59. The number of benzene rings is 1. The Hall–Kier alpha value is -3.28. The van der Waals surface area contributed by atoms with Gasteiger partial charge in [0, 0.05) is 11.1 Å². The summed E-state index contributed by atoms with van der Waals surface area (Å²) in [7, 11) is 0. The van der Waals surface area contributed by atoms with Gasteiger partial charge in [-0.2, -0.15) is 13.2 Å². The summed E-state index contributed by atoms with van der Waals surface area (Å²) >= 11 is -0.281. The molecule has 0 bridgehead atoms. The quantitative estimate of drug-likeness (QED) is 0.299. The van der Waals surface area contributed by atoms with Crippen LogP contribution in [0.15, 0.2) is 47.6 Å². The van der Waals surface area contributed by atoms with Crippen LogP contribution in [0.3, 0.4) is 0 Å². The first-order valence-corrected chi connectivity index (χ1v) is 11.3. The summed E-state index contributed by atoms with van der Waals surface area (Å²) in [5, 5.41) is 2.60. The first-order chi connectivity index (χ1) is 16.1. The lowest BCUT2D eigenvalue weighted by atomic mass is 10.2. The number of nitrogens with zero attached hydrogens (tertiary/aromatic N) is 3. The van der Waals surface area contributed by atoms with Crippen LogP contribution in [-0.4, -0.2) is 46.1 Å². The molecule has 182 valence electrons. The SMILES string of the molecule is CCCCOC(=O)Nc1cnccc1CN1C(=O)N(c2ccc(SC(F)(F)F)cc2)C(=O)C1C. The molecule has 1 aliphatic rings. The topological polar surface area (TPSA) is 91.8 Å². The first kappa shape index (κ1) is 25.3. The van der Waals surface area contributed by atoms with Crippen molar-refractivity contribution in [1.29, 1.82) is 0 Å². The van der Waals surface area contributed by atoms with Crippen molar-refractivity contribution < 1.29 is 32.3 Å². The molecule has 0 saturated carbocycles. The zero-order chi connectivity index (χ0) is 24.9. The molecule has 2 aromatic rings. The van der Waals surface area contributed by atoms with Gasteiger partial charge >= 0.3 is 17.6 Å². The van der Waals surface area contributed by atoms with Crippen molar-refractivity contribution in [2.45, 2.75) is 49.7 Å². The third-order valence-electron chi connectivity index (χ3n) is 5.03. The Kier molecular flexibility index (Phi) is 8.02. The Morgan fingerprint density at radius 2 is 1.91 bits per heavy atom. The number of rotatable bonds is 8. The normalized spacial score (nSPS) is 16.2. The zero-order valence-electron chi connectivity index (χ0n) is 18.5. The number of hydrogen-bond donors (Lipinski definition) is 1. The van der Waals surface area contributed by atoms with Gasteiger partial charge in [0.05, 0.1) is 30.7 Å². The lowest BCUT2D eigenvalue weighted by molar-refractivity contribution is -0.119. The number of carbonyl (C=O) groups is 3. The predicted molar refractivity (Wildman–Crippen MR) is 120 cm³/mol. The minimum Gasteiger partial charge on any atom is -0.449 e. The van der Waals surface area contributed by atoms with Gasteiger partial charge in [-0.3, -0.25) is 15.1 Å². The van der Waals surface area contributed by atoms with Crippen LogP contribution in [0.1, 0.15) is 32.3 Å². The number of pyridine rings is 1. The molecule has 34 heavy (non-hydrogen) atoms. The van der Waals surface area contributed by atoms with E-state index in [4.69, 9.17) is 4.74 Å². The minimum absolute atomic E-state index is 0.00264. The largest absolute Gasteiger partial charge is 0.449 e. The number of carbonyl (C=O) groups excluding carboxylic acids is 3. The van der Waals surface area contributed by atoms with Gasteiger partial charge in [-0.05, 0) is 61.0 Å². The van der Waals surface area contributed by atoms with Crippen molar-refractivity contribution in [3.8, 4) is 0 Å². The van der Waals surface area contributed by atoms with Crippen LogP contribution in [0.2, 0.25) is 0 Å². The van der Waals surface area contributed by atoms with Gasteiger partial charge in [-0.25, -0.2) is 14.5 Å². The fourth-order valence-electron chi connectivity index (χ4n) is 3.26. The highest BCUT2D eigenvalue weighted by Crippen LogP contribution is 2.38. The van der Waals surface area contributed by atoms with Crippen LogP contribution in [0.4, 0.5) is 34.1 Å². The fraction of sp³-hybridized carbons (Fsp3) is 0.364. The van der Waals surface area contributed by atoms with Crippen LogP contribution >= 0.6 is 11.8 Å². The van der Waals surface area contributed by atoms with Crippen LogP contribution in [0.5, 0.6) is 0 Å². The molecule has 0 aliphatic carbocycles. The highest BCUT2D eigenvalue weighted by atomic mass is 32.2. The maximum atomic E-state index is 13.1. The minimum atomic E-state index is -4.44. The number of aromatic nitrogens is 1. The Balaban J connectivity index is 1.74. The molecule has 1 aliphatic heterocycles. The Morgan fingerprint density at radius 1 is 1.21 bits per heavy atom. The lowest BCUT2D eigenvalue weighted by Crippen LogP contribution is -2.33. The van der Waals surface area contributed by atoms with Gasteiger partial charge < -0.3 is 9.64 Å². The number of urea groups is 1. The molecule has 8 nitrogen and oxygen atoms in total. The monoisotopic (exact) mass is 496 g/mol. The van der Waals surface area contributed by atoms with Gasteiger partial charge in [0.1, 0.15) is 6.04 Å². The van der Waals surface area contributed by atoms with Gasteiger partial charge in [-0.1, -0.05) is 13.3 Å². The standard InChI is InChI=1S/C22H23F3N4O4S/c1-3-4-11-33-20(31)27-18-12-26-10-9-15(18)13-28-14(2)19(30)29(21(28)32)16-5-7-17(8-6-16)34-22(23,24)25/h5-10,12,14H,3-4,11,13H2,1-2H3,(H,27,31). The molecule has 2 heterocycles. The molecule has 4 amide bonds. The zero-order valence-corrected chi connectivity index (χ0v) is 19.3. The van der Waals surface area contributed by atoms with E-state index in [0.717, 1.165) is 17.7 Å². The van der Waals surface area contributed by atoms with Crippen molar-refractivity contribution >= 4 is 41.2 Å². The average molecular weight is 497 g/mol. The van der Waals surface area contributed by atoms with Crippen LogP contribution < -0.4 is 10.2 Å². The summed E-state index contributed by atoms with van der Waals surface area (Å²) in [6.07, 6.45) is 3.84. The highest BCUT2D eigenvalue weighted by molar-refractivity contribution is 8.00. The van der Waals surface area contributed by atoms with E-state index < -0.39 is 29.6 Å². The van der Waals surface area contributed by atoms with E-state index in [1.807, 2.05) is 6.92 Å². The summed E-state index contributed by atoms with van der Waals surface area (Å²) in [5.74, 6) is -0.510. The second-order valence-electron chi connectivity index (χ2n) is 7.45. The van der Waals surface area contributed by atoms with E-state index >= 15 is 0 Å². The molecule has 12 heteroatoms. The van der Waals surface area contributed by atoms with Crippen LogP contribution in [0.25, 0.3) is 0 Å². The number of thioether (sulfide) groups is 1. The molecular formula is C22H23F3N4O4S. The number of ether oxygens (including phenoxy) is 1. The number of imide groups is 1. The van der Waals surface area contributed by atoms with E-state index in [-0.39, 0.29) is 35.5 Å². The number of unbranched alkanes of at least 4 members (excludes halogenated alkanes) is 1. The van der Waals surface area contributed by atoms with Crippen molar-refractivity contribution in [2.24, 2.45) is 0 Å². The van der Waals surface area contributed by atoms with E-state index in [0.29, 0.717) is 11.3 Å². The number of halogens is 3. The molecule has 1 fully saturated rings. The Morgan fingerprint density at radius 3 is 2.56 bits per heavy atom. The third kappa shape index (κ3) is 6.19. The molecular weight excluding hydrogens is 473 g/mol. The average Bonchev–Trinajstić information content (AvgIpc) is 2.98. The molecule has 0 radical (unpaired) electrons. The number of hydrogen-bond acceptors (Lipinski definition) is 6. The van der Waals surface area contributed by atoms with E-state index in [1.165, 1.54) is 41.6 Å². The first-order valence-electron chi connectivity index (χ1n) is 10.5. The molecule has 1 unspecified atom stereocenters. The lowest BCUT2D eigenvalue weighted by Gasteiger charge is -2.21. The van der Waals surface area contributed by atoms with Gasteiger partial charge in [0.2, 0.25) is 0 Å². The Labute approximate surface area is 198 Å². The Bertz CT molecular complexity index is 1050. The number of nitrogens with one attached hydrogen (secondary N) is 1. The molecule has 1 saturated heterocycles. The molecule has 1 N–H and O–H groups in total. The van der Waals surface area contributed by atoms with E-state index in [2.05, 4.69) is 10.3 Å². The number of alkyl halides is 3. The second kappa shape index (κ2) is 10.8. The fourth-order valence-corrected chi connectivity index (χ4v) is 3.80. The van der Waals surface area contributed by atoms with Crippen LogP contribution in [0, 0.1) is 0 Å². The number of amides is 4. The summed E-state index contributed by atoms with van der Waals surface area (Å²) in [6.45, 7) is 3.79. The van der Waals surface area contributed by atoms with Crippen molar-refractivity contribution in [1.82, 2.24) is 9.88 Å². The smallest absolute Gasteiger partial charge is 0.446 e. The molecule has 1 atom stereocenters. The van der Waals surface area contributed by atoms with Crippen molar-refractivity contribution in [3.63, 3.8) is 0 Å². The molecule has 1 aromatic heterocycles. The summed E-state index contributed by atoms with van der Waals surface area (Å²) in [4.78, 5) is 44.1. The molecule has 3 rings (SSSR count). The van der Waals surface area contributed by atoms with Crippen molar-refractivity contribution in [2.75, 3.05) is 16.8 Å². The highest BCUT2D eigenvalue weighted by Gasteiger charge is 2.43. The van der Waals surface area contributed by atoms with E-state index in [9.17, 15) is 27.6 Å². The molecule has 1 aromatic carbocycles. The summed E-state index contributed by atoms with van der Waals surface area (Å²) < 4.78 is 42.8. The van der Waals surface area contributed by atoms with Gasteiger partial charge in [-0.15, -0.1) is 0 Å². The molecule has 0 spiro atoms. The maximum absolute atomic E-state index is 13.1. The summed E-state index contributed by atoms with van der Waals surface area (Å²) in [5.41, 5.74) is -3.40. The van der Waals surface area contributed by atoms with Crippen LogP contribution in [-0.2, 0) is 16.1 Å². The third-order valence-corrected chi connectivity index (χ3v) is 5.77. The predicted octanol–water partition coefficient (Wildman–Crippen LogP) is 5.40. The van der Waals surface area contributed by atoms with Gasteiger partial charge in [0.15, 0.2) is 0 Å². The van der Waals surface area contributed by atoms with Gasteiger partial charge in [0.25, 0.3) is 5.91 Å². The summed E-state index contributed by atoms with van der Waals surface area (Å²) in [6, 6.07) is 5.17. The van der Waals surface area contributed by atoms with Crippen molar-refractivity contribution in [3.05, 3.63) is 48.3 Å². The maximum Gasteiger partial charge on any atom is 0.446 e. The van der Waals surface area contributed by atoms with E-state index in [1.54, 1.807) is 13.0 Å².